The van der Waals surface area contributed by atoms with Crippen molar-refractivity contribution in [3.05, 3.63) is 65.5 Å². The van der Waals surface area contributed by atoms with E-state index in [4.69, 9.17) is 14.9 Å². The molecule has 0 saturated carbocycles. The van der Waals surface area contributed by atoms with Crippen LogP contribution in [0.4, 0.5) is 0 Å². The van der Waals surface area contributed by atoms with Gasteiger partial charge in [0, 0.05) is 25.6 Å². The number of hydrogen-bond donors (Lipinski definition) is 2. The minimum Gasteiger partial charge on any atom is -0.383 e. The second-order valence-corrected chi connectivity index (χ2v) is 5.48. The predicted molar refractivity (Wildman–Crippen MR) is 90.1 cm³/mol. The highest BCUT2D eigenvalue weighted by atomic mass is 16.5. The summed E-state index contributed by atoms with van der Waals surface area (Å²) >= 11 is 0. The van der Waals surface area contributed by atoms with Gasteiger partial charge in [0.1, 0.15) is 5.82 Å². The summed E-state index contributed by atoms with van der Waals surface area (Å²) in [6, 6.07) is 15.1. The summed E-state index contributed by atoms with van der Waals surface area (Å²) in [5.74, 6) is 0.388. The van der Waals surface area contributed by atoms with Crippen LogP contribution in [0.15, 0.2) is 48.5 Å². The van der Waals surface area contributed by atoms with E-state index in [2.05, 4.69) is 4.57 Å². The number of amides is 1. The molecule has 0 fully saturated rings. The Balaban J connectivity index is 1.96. The van der Waals surface area contributed by atoms with Gasteiger partial charge in [0.25, 0.3) is 5.91 Å². The Morgan fingerprint density at radius 3 is 2.88 bits per heavy atom. The van der Waals surface area contributed by atoms with Crippen LogP contribution < -0.4 is 5.48 Å². The van der Waals surface area contributed by atoms with Crippen LogP contribution in [0.1, 0.15) is 21.7 Å². The van der Waals surface area contributed by atoms with Gasteiger partial charge >= 0.3 is 0 Å². The van der Waals surface area contributed by atoms with Gasteiger partial charge in [0.05, 0.1) is 17.6 Å². The topological polar surface area (TPSA) is 76.4 Å². The number of imidazole rings is 1. The first-order chi connectivity index (χ1) is 11.7. The van der Waals surface area contributed by atoms with Gasteiger partial charge in [-0.15, -0.1) is 0 Å². The summed E-state index contributed by atoms with van der Waals surface area (Å²) < 4.78 is 7.34. The van der Waals surface area contributed by atoms with Gasteiger partial charge in [0.15, 0.2) is 0 Å². The molecule has 0 bridgehead atoms. The summed E-state index contributed by atoms with van der Waals surface area (Å²) in [4.78, 5) is 16.3. The van der Waals surface area contributed by atoms with Crippen molar-refractivity contribution >= 4 is 16.9 Å². The van der Waals surface area contributed by atoms with E-state index in [9.17, 15) is 4.79 Å². The number of hydroxylamine groups is 1. The monoisotopic (exact) mass is 325 g/mol. The van der Waals surface area contributed by atoms with E-state index in [1.807, 2.05) is 30.3 Å². The lowest BCUT2D eigenvalue weighted by atomic mass is 10.1. The van der Waals surface area contributed by atoms with Crippen LogP contribution in [-0.4, -0.2) is 34.4 Å². The average Bonchev–Trinajstić information content (AvgIpc) is 2.96. The molecule has 0 aliphatic carbocycles. The first-order valence-corrected chi connectivity index (χ1v) is 7.69. The summed E-state index contributed by atoms with van der Waals surface area (Å²) in [5, 5.41) is 8.78. The van der Waals surface area contributed by atoms with Crippen molar-refractivity contribution in [1.82, 2.24) is 15.0 Å². The SMILES string of the molecule is COCCn1c(Cc2cccc(C(=O)NO)c2)nc2ccccc21. The zero-order valence-electron chi connectivity index (χ0n) is 13.4. The molecule has 124 valence electrons. The number of ether oxygens (including phenoxy) is 1. The summed E-state index contributed by atoms with van der Waals surface area (Å²) in [7, 11) is 1.68. The van der Waals surface area contributed by atoms with Gasteiger partial charge in [-0.2, -0.15) is 0 Å². The second kappa shape index (κ2) is 7.25. The van der Waals surface area contributed by atoms with E-state index >= 15 is 0 Å². The Hall–Kier alpha value is -2.70. The van der Waals surface area contributed by atoms with Gasteiger partial charge in [-0.05, 0) is 29.8 Å². The minimum absolute atomic E-state index is 0.412. The number of benzene rings is 2. The maximum absolute atomic E-state index is 11.6. The number of nitrogens with zero attached hydrogens (tertiary/aromatic N) is 2. The first kappa shape index (κ1) is 16.2. The molecule has 0 unspecified atom stereocenters. The zero-order valence-corrected chi connectivity index (χ0v) is 13.4. The third-order valence-electron chi connectivity index (χ3n) is 3.91. The molecule has 24 heavy (non-hydrogen) atoms. The number of carbonyl (C=O) groups is 1. The third kappa shape index (κ3) is 3.29. The van der Waals surface area contributed by atoms with Crippen LogP contribution in [-0.2, 0) is 17.7 Å². The maximum Gasteiger partial charge on any atom is 0.274 e. The molecule has 1 amide bonds. The smallest absolute Gasteiger partial charge is 0.274 e. The molecular weight excluding hydrogens is 306 g/mol. The van der Waals surface area contributed by atoms with E-state index in [1.54, 1.807) is 30.8 Å². The van der Waals surface area contributed by atoms with Crippen LogP contribution in [0.5, 0.6) is 0 Å². The third-order valence-corrected chi connectivity index (χ3v) is 3.91. The lowest BCUT2D eigenvalue weighted by Crippen LogP contribution is -2.18. The van der Waals surface area contributed by atoms with Crippen LogP contribution in [0.3, 0.4) is 0 Å². The van der Waals surface area contributed by atoms with Crippen molar-refractivity contribution in [1.29, 1.82) is 0 Å². The van der Waals surface area contributed by atoms with E-state index in [1.165, 1.54) is 0 Å². The van der Waals surface area contributed by atoms with Crippen LogP contribution in [0, 0.1) is 0 Å². The lowest BCUT2D eigenvalue weighted by Gasteiger charge is -2.09. The molecule has 6 nitrogen and oxygen atoms in total. The van der Waals surface area contributed by atoms with Crippen molar-refractivity contribution in [2.75, 3.05) is 13.7 Å². The van der Waals surface area contributed by atoms with Gasteiger partial charge in [0.2, 0.25) is 0 Å². The number of nitrogens with one attached hydrogen (secondary N) is 1. The molecule has 0 spiro atoms. The Kier molecular flexibility index (Phi) is 4.88. The molecule has 0 saturated heterocycles. The fourth-order valence-corrected chi connectivity index (χ4v) is 2.76. The van der Waals surface area contributed by atoms with Gasteiger partial charge in [-0.3, -0.25) is 10.0 Å². The molecule has 2 aromatic carbocycles. The van der Waals surface area contributed by atoms with E-state index in [-0.39, 0.29) is 0 Å². The molecule has 0 atom stereocenters. The quantitative estimate of drug-likeness (QED) is 0.539. The van der Waals surface area contributed by atoms with Crippen molar-refractivity contribution in [3.8, 4) is 0 Å². The molecule has 0 aliphatic heterocycles. The highest BCUT2D eigenvalue weighted by molar-refractivity contribution is 5.93. The highest BCUT2D eigenvalue weighted by Crippen LogP contribution is 2.19. The normalized spacial score (nSPS) is 10.9. The molecule has 2 N–H and O–H groups in total. The zero-order chi connectivity index (χ0) is 16.9. The molecule has 1 heterocycles. The van der Waals surface area contributed by atoms with Crippen LogP contribution in [0.2, 0.25) is 0 Å². The van der Waals surface area contributed by atoms with E-state index < -0.39 is 5.91 Å². The average molecular weight is 325 g/mol. The molecule has 3 rings (SSSR count). The van der Waals surface area contributed by atoms with Gasteiger partial charge in [-0.25, -0.2) is 10.5 Å². The molecule has 0 aliphatic rings. The second-order valence-electron chi connectivity index (χ2n) is 5.48. The Morgan fingerprint density at radius 1 is 1.25 bits per heavy atom. The summed E-state index contributed by atoms with van der Waals surface area (Å²) in [6.07, 6.45) is 0.588. The highest BCUT2D eigenvalue weighted by Gasteiger charge is 2.12. The Bertz CT molecular complexity index is 858. The fraction of sp³-hybridized carbons (Fsp3) is 0.222. The predicted octanol–water partition coefficient (Wildman–Crippen LogP) is 2.39. The largest absolute Gasteiger partial charge is 0.383 e. The standard InChI is InChI=1S/C18H19N3O3/c1-24-10-9-21-16-8-3-2-7-15(16)19-17(21)12-13-5-4-6-14(11-13)18(22)20-23/h2-8,11,23H,9-10,12H2,1H3,(H,20,22). The number of fused-ring (bicyclic) bond motifs is 1. The number of carbonyl (C=O) groups excluding carboxylic acids is 1. The number of methoxy groups -OCH3 is 1. The lowest BCUT2D eigenvalue weighted by molar-refractivity contribution is 0.0706. The Morgan fingerprint density at radius 2 is 2.08 bits per heavy atom. The van der Waals surface area contributed by atoms with Crippen molar-refractivity contribution < 1.29 is 14.7 Å². The van der Waals surface area contributed by atoms with E-state index in [0.29, 0.717) is 25.1 Å². The van der Waals surface area contributed by atoms with Crippen LogP contribution >= 0.6 is 0 Å². The van der Waals surface area contributed by atoms with Gasteiger partial charge < -0.3 is 9.30 Å². The maximum atomic E-state index is 11.6. The van der Waals surface area contributed by atoms with Crippen molar-refractivity contribution in [2.24, 2.45) is 0 Å². The fourth-order valence-electron chi connectivity index (χ4n) is 2.76. The molecular formula is C18H19N3O3. The van der Waals surface area contributed by atoms with E-state index in [0.717, 1.165) is 22.4 Å². The number of aromatic nitrogens is 2. The molecule has 1 aromatic heterocycles. The number of hydrogen-bond acceptors (Lipinski definition) is 4. The molecule has 6 heteroatoms. The minimum atomic E-state index is -0.523. The van der Waals surface area contributed by atoms with Crippen LogP contribution in [0.25, 0.3) is 11.0 Å². The van der Waals surface area contributed by atoms with Gasteiger partial charge in [-0.1, -0.05) is 24.3 Å². The molecule has 3 aromatic rings. The summed E-state index contributed by atoms with van der Waals surface area (Å²) in [5.41, 5.74) is 5.02. The first-order valence-electron chi connectivity index (χ1n) is 7.69. The van der Waals surface area contributed by atoms with Crippen molar-refractivity contribution in [2.45, 2.75) is 13.0 Å². The summed E-state index contributed by atoms with van der Waals surface area (Å²) in [6.45, 7) is 1.31. The molecule has 0 radical (unpaired) electrons. The number of para-hydroxylation sites is 2. The number of rotatable bonds is 6. The Labute approximate surface area is 139 Å². The van der Waals surface area contributed by atoms with Crippen molar-refractivity contribution in [3.63, 3.8) is 0 Å².